The number of carbonyl (C=O) groups is 1. The van der Waals surface area contributed by atoms with Gasteiger partial charge in [-0.1, -0.05) is 43.7 Å². The highest BCUT2D eigenvalue weighted by Gasteiger charge is 2.52. The van der Waals surface area contributed by atoms with Crippen LogP contribution in [0.5, 0.6) is 0 Å². The number of aryl methyl sites for hydroxylation is 1. The Kier molecular flexibility index (Phi) is 13.7. The Morgan fingerprint density at radius 1 is 0.397 bits per heavy atom. The molecule has 5 aromatic carbocycles. The van der Waals surface area contributed by atoms with Crippen molar-refractivity contribution in [1.29, 1.82) is 0 Å². The first kappa shape index (κ1) is 47.6. The highest BCUT2D eigenvalue weighted by atomic mass is 19.2. The van der Waals surface area contributed by atoms with Gasteiger partial charge >= 0.3 is 0 Å². The fourth-order valence-electron chi connectivity index (χ4n) is 6.80. The van der Waals surface area contributed by atoms with Crippen molar-refractivity contribution in [2.45, 2.75) is 26.3 Å². The molecule has 0 spiro atoms. The number of nitrogens with zero attached hydrogens (tertiary/aromatic N) is 1. The predicted molar refractivity (Wildman–Crippen MR) is 181 cm³/mol. The molecule has 0 bridgehead atoms. The highest BCUT2D eigenvalue weighted by molar-refractivity contribution is 7.20. The van der Waals surface area contributed by atoms with E-state index in [4.69, 9.17) is 0 Å². The molecule has 6 aromatic rings. The second kappa shape index (κ2) is 18.1. The molecule has 0 amide bonds. The minimum atomic E-state index is -7.22. The van der Waals surface area contributed by atoms with E-state index in [1.54, 1.807) is 0 Å². The second-order valence-corrected chi connectivity index (χ2v) is 13.2. The molecule has 332 valence electrons. The lowest BCUT2D eigenvalue weighted by Gasteiger charge is -2.44. The van der Waals surface area contributed by atoms with Gasteiger partial charge in [-0.25, -0.2) is 87.8 Å². The Hall–Kier alpha value is -6.42. The van der Waals surface area contributed by atoms with Crippen molar-refractivity contribution in [3.05, 3.63) is 182 Å². The number of halogens is 20. The van der Waals surface area contributed by atoms with E-state index < -0.39 is 144 Å². The molecule has 1 heterocycles. The smallest absolute Gasteiger partial charge is 0.227 e. The maximum atomic E-state index is 15.4. The Bertz CT molecular complexity index is 2400. The van der Waals surface area contributed by atoms with Crippen molar-refractivity contribution in [2.75, 3.05) is 0 Å². The Labute approximate surface area is 339 Å². The maximum absolute atomic E-state index is 15.4. The van der Waals surface area contributed by atoms with Crippen LogP contribution >= 0.6 is 0 Å². The van der Waals surface area contributed by atoms with E-state index >= 15 is 35.1 Å². The van der Waals surface area contributed by atoms with Crippen LogP contribution in [-0.2, 0) is 13.0 Å². The Morgan fingerprint density at radius 3 is 0.905 bits per heavy atom. The zero-order chi connectivity index (χ0) is 47.2. The molecule has 63 heavy (non-hydrogen) atoms. The van der Waals surface area contributed by atoms with Gasteiger partial charge < -0.3 is 0 Å². The molecule has 0 aliphatic carbocycles. The molecule has 0 aliphatic heterocycles. The average molecular weight is 919 g/mol. The van der Waals surface area contributed by atoms with E-state index in [1.807, 2.05) is 47.3 Å². The predicted octanol–water partition coefficient (Wildman–Crippen LogP) is 8.66. The van der Waals surface area contributed by atoms with Crippen molar-refractivity contribution in [1.82, 2.24) is 0 Å². The molecular formula is C40H18BF20NO. The normalized spacial score (nSPS) is 11.5. The number of aromatic nitrogens is 1. The Balaban J connectivity index is 0.000000345. The summed E-state index contributed by atoms with van der Waals surface area (Å²) in [4.78, 5) is 12.0. The molecule has 6 rings (SSSR count). The largest absolute Gasteiger partial charge is 0.287 e. The molecule has 0 N–H and O–H groups in total. The van der Waals surface area contributed by atoms with Crippen molar-refractivity contribution in [2.24, 2.45) is 0 Å². The lowest BCUT2D eigenvalue weighted by atomic mass is 9.12. The molecule has 2 nitrogen and oxygen atoms in total. The third kappa shape index (κ3) is 7.85. The summed E-state index contributed by atoms with van der Waals surface area (Å²) in [6.45, 7) is 2.57. The summed E-state index contributed by atoms with van der Waals surface area (Å²) in [6, 6.07) is 13.6. The number of pyridine rings is 1. The summed E-state index contributed by atoms with van der Waals surface area (Å²) < 4.78 is 296. The van der Waals surface area contributed by atoms with E-state index in [2.05, 4.69) is 19.1 Å². The zero-order valence-corrected chi connectivity index (χ0v) is 30.8. The zero-order valence-electron chi connectivity index (χ0n) is 30.8. The van der Waals surface area contributed by atoms with Gasteiger partial charge in [0.1, 0.15) is 52.7 Å². The minimum absolute atomic E-state index is 0.142. The van der Waals surface area contributed by atoms with Crippen LogP contribution in [-0.4, -0.2) is 11.9 Å². The second-order valence-electron chi connectivity index (χ2n) is 13.2. The monoisotopic (exact) mass is 919 g/mol. The summed E-state index contributed by atoms with van der Waals surface area (Å²) >= 11 is 0. The lowest BCUT2D eigenvalue weighted by molar-refractivity contribution is -0.683. The number of Topliss-reactive ketones (excluding diaryl/α,β-unsaturated/α-hetero) is 1. The molecule has 23 heteroatoms. The van der Waals surface area contributed by atoms with Gasteiger partial charge in [-0.3, -0.25) is 4.79 Å². The fraction of sp³-hybridized carbons (Fsp3) is 0.100. The number of carbonyl (C=O) groups excluding carboxylic acids is 1. The topological polar surface area (TPSA) is 20.9 Å². The first-order valence-electron chi connectivity index (χ1n) is 17.3. The Morgan fingerprint density at radius 2 is 0.651 bits per heavy atom. The molecule has 0 fully saturated rings. The molecule has 1 aromatic heterocycles. The van der Waals surface area contributed by atoms with Gasteiger partial charge in [-0.15, -0.1) is 21.9 Å². The van der Waals surface area contributed by atoms with E-state index in [1.165, 1.54) is 5.56 Å². The van der Waals surface area contributed by atoms with Crippen LogP contribution < -0.4 is 26.4 Å². The van der Waals surface area contributed by atoms with Crippen LogP contribution in [0.25, 0.3) is 0 Å². The van der Waals surface area contributed by atoms with E-state index in [0.717, 1.165) is 18.4 Å². The van der Waals surface area contributed by atoms with Crippen LogP contribution in [0.3, 0.4) is 0 Å². The molecule has 0 unspecified atom stereocenters. The van der Waals surface area contributed by atoms with E-state index in [0.29, 0.717) is 6.54 Å². The summed E-state index contributed by atoms with van der Waals surface area (Å²) in [5, 5.41) is 0. The van der Waals surface area contributed by atoms with Crippen molar-refractivity contribution in [3.8, 4) is 0 Å². The van der Waals surface area contributed by atoms with Crippen LogP contribution in [0.4, 0.5) is 87.8 Å². The number of rotatable bonds is 9. The minimum Gasteiger partial charge on any atom is -0.287 e. The van der Waals surface area contributed by atoms with Gasteiger partial charge in [0.25, 0.3) is 0 Å². The van der Waals surface area contributed by atoms with Crippen molar-refractivity contribution in [3.63, 3.8) is 0 Å². The summed E-state index contributed by atoms with van der Waals surface area (Å²) in [7, 11) is 0. The van der Waals surface area contributed by atoms with Crippen LogP contribution in [0, 0.1) is 116 Å². The van der Waals surface area contributed by atoms with E-state index in [-0.39, 0.29) is 5.78 Å². The third-order valence-corrected chi connectivity index (χ3v) is 9.63. The van der Waals surface area contributed by atoms with Gasteiger partial charge in [0.05, 0.1) is 0 Å². The average Bonchev–Trinajstić information content (AvgIpc) is 3.27. The summed E-state index contributed by atoms with van der Waals surface area (Å²) in [5.41, 5.74) is -12.2. The summed E-state index contributed by atoms with van der Waals surface area (Å²) in [5.74, 6) is -71.3. The van der Waals surface area contributed by atoms with Crippen LogP contribution in [0.15, 0.2) is 54.9 Å². The number of benzene rings is 5. The van der Waals surface area contributed by atoms with E-state index in [9.17, 15) is 57.5 Å². The molecule has 0 saturated carbocycles. The molecule has 0 aliphatic rings. The van der Waals surface area contributed by atoms with Gasteiger partial charge in [0.15, 0.2) is 82.2 Å². The summed E-state index contributed by atoms with van der Waals surface area (Å²) in [6.07, 6.45) is -1.02. The van der Waals surface area contributed by atoms with Gasteiger partial charge in [0.2, 0.25) is 12.3 Å². The maximum Gasteiger partial charge on any atom is 0.227 e. The third-order valence-electron chi connectivity index (χ3n) is 9.63. The standard InChI is InChI=1S/C24BF20.C16H18NO/c26-5-1(6(27)14(35)21(42)13(5)34)25(2-7(28)15(36)22(43)16(37)8(2)29,3-9(30)17(38)23(44)18(39)10(3)31)4-11(32)19(40)24(45)20(41)12(4)33;1-2-6-14-9-11-17(12-10-14)13-16(18)15-7-4-3-5-8-15/h;3-5,7-12H,2,6,13H2,1H3/q-1;+1. The first-order chi connectivity index (χ1) is 29.5. The molecular weight excluding hydrogens is 901 g/mol. The lowest BCUT2D eigenvalue weighted by Crippen LogP contribution is -2.81. The number of hydrogen-bond donors (Lipinski definition) is 0. The molecule has 0 atom stereocenters. The number of ketones is 1. The van der Waals surface area contributed by atoms with Crippen molar-refractivity contribution < 1.29 is 97.2 Å². The fourth-order valence-corrected chi connectivity index (χ4v) is 6.80. The SMILES string of the molecule is CCCc1cc[n+](CC(=O)c2ccccc2)cc1.Fc1c(F)c(F)c([B-](c2c(F)c(F)c(F)c(F)c2F)(c2c(F)c(F)c(F)c(F)c2F)c2c(F)c(F)c(F)c(F)c2F)c(F)c1F. The van der Waals surface area contributed by atoms with Gasteiger partial charge in [0, 0.05) is 17.7 Å². The number of hydrogen-bond acceptors (Lipinski definition) is 1. The first-order valence-corrected chi connectivity index (χ1v) is 17.3. The van der Waals surface area contributed by atoms with Crippen molar-refractivity contribution >= 4 is 33.8 Å². The van der Waals surface area contributed by atoms with Crippen LogP contribution in [0.1, 0.15) is 29.3 Å². The molecule has 0 radical (unpaired) electrons. The highest BCUT2D eigenvalue weighted by Crippen LogP contribution is 2.30. The molecule has 0 saturated heterocycles. The quantitative estimate of drug-likeness (QED) is 0.0356. The van der Waals surface area contributed by atoms with Gasteiger partial charge in [-0.05, 0) is 12.0 Å². The van der Waals surface area contributed by atoms with Gasteiger partial charge in [-0.2, -0.15) is 4.57 Å². The van der Waals surface area contributed by atoms with Crippen LogP contribution in [0.2, 0.25) is 0 Å².